The Kier molecular flexibility index (Phi) is 4.47. The molecule has 22 heavy (non-hydrogen) atoms. The number of ether oxygens (including phenoxy) is 2. The van der Waals surface area contributed by atoms with Gasteiger partial charge in [0, 0.05) is 0 Å². The molecule has 7 nitrogen and oxygen atoms in total. The van der Waals surface area contributed by atoms with E-state index in [2.05, 4.69) is 5.32 Å². The van der Waals surface area contributed by atoms with E-state index in [9.17, 15) is 14.4 Å². The van der Waals surface area contributed by atoms with Crippen LogP contribution in [-0.4, -0.2) is 53.2 Å². The molecule has 2 aliphatic heterocycles. The van der Waals surface area contributed by atoms with Crippen LogP contribution < -0.4 is 5.32 Å². The first-order valence-electron chi connectivity index (χ1n) is 7.48. The van der Waals surface area contributed by atoms with E-state index >= 15 is 0 Å². The zero-order valence-electron chi connectivity index (χ0n) is 13.3. The summed E-state index contributed by atoms with van der Waals surface area (Å²) < 4.78 is 10.4. The van der Waals surface area contributed by atoms with Crippen molar-refractivity contribution in [2.24, 2.45) is 0 Å². The lowest BCUT2D eigenvalue weighted by Gasteiger charge is -2.40. The van der Waals surface area contributed by atoms with Crippen LogP contribution >= 0.6 is 0 Å². The van der Waals surface area contributed by atoms with Crippen LogP contribution in [-0.2, 0) is 19.1 Å². The van der Waals surface area contributed by atoms with Gasteiger partial charge >= 0.3 is 12.1 Å². The minimum Gasteiger partial charge on any atom is -0.464 e. The second kappa shape index (κ2) is 6.01. The summed E-state index contributed by atoms with van der Waals surface area (Å²) in [5, 5.41) is 2.87. The van der Waals surface area contributed by atoms with Gasteiger partial charge in [-0.2, -0.15) is 0 Å². The number of hydrogen-bond donors (Lipinski definition) is 1. The van der Waals surface area contributed by atoms with Gasteiger partial charge in [0.2, 0.25) is 0 Å². The van der Waals surface area contributed by atoms with E-state index in [1.54, 1.807) is 33.6 Å². The van der Waals surface area contributed by atoms with Crippen molar-refractivity contribution in [1.29, 1.82) is 0 Å². The summed E-state index contributed by atoms with van der Waals surface area (Å²) in [6.45, 7) is 7.26. The average molecular weight is 310 g/mol. The highest BCUT2D eigenvalue weighted by atomic mass is 16.6. The third-order valence-electron chi connectivity index (χ3n) is 3.71. The maximum absolute atomic E-state index is 12.4. The van der Waals surface area contributed by atoms with E-state index in [1.165, 1.54) is 4.90 Å². The molecule has 1 N–H and O–H groups in total. The molecule has 2 bridgehead atoms. The summed E-state index contributed by atoms with van der Waals surface area (Å²) in [6.07, 6.45) is 0.673. The van der Waals surface area contributed by atoms with Crippen molar-refractivity contribution >= 4 is 18.0 Å². The van der Waals surface area contributed by atoms with E-state index in [1.807, 2.05) is 0 Å². The summed E-state index contributed by atoms with van der Waals surface area (Å²) in [7, 11) is 0. The SMILES string of the molecule is CCOC(=O)[C@H]1NC(=C=O)[C@H]2CC[C@@H]1N2C(=O)OC(C)(C)C. The predicted molar refractivity (Wildman–Crippen MR) is 77.6 cm³/mol. The molecular weight excluding hydrogens is 288 g/mol. The van der Waals surface area contributed by atoms with Gasteiger partial charge in [0.1, 0.15) is 23.3 Å². The lowest BCUT2D eigenvalue weighted by atomic mass is 10.0. The lowest BCUT2D eigenvalue weighted by Crippen LogP contribution is -2.62. The monoisotopic (exact) mass is 310 g/mol. The molecule has 0 saturated carbocycles. The highest BCUT2D eigenvalue weighted by Crippen LogP contribution is 2.35. The summed E-state index contributed by atoms with van der Waals surface area (Å²) in [5.74, 6) is 1.33. The molecule has 2 saturated heterocycles. The quantitative estimate of drug-likeness (QED) is 0.605. The van der Waals surface area contributed by atoms with Gasteiger partial charge in [-0.25, -0.2) is 14.4 Å². The minimum absolute atomic E-state index is 0.206. The standard InChI is InChI=1S/C15H22N2O5/c1-5-21-13(19)12-11-7-6-10(9(8-18)16-12)17(11)14(20)22-15(2,3)4/h10-12,16H,5-7H2,1-4H3/t10-,11+,12+/m1/s1. The lowest BCUT2D eigenvalue weighted by molar-refractivity contribution is -0.147. The van der Waals surface area contributed by atoms with E-state index in [4.69, 9.17) is 9.47 Å². The number of esters is 1. The number of hydrogen-bond acceptors (Lipinski definition) is 6. The number of rotatable bonds is 2. The Bertz CT molecular complexity index is 519. The predicted octanol–water partition coefficient (Wildman–Crippen LogP) is 1.00. The summed E-state index contributed by atoms with van der Waals surface area (Å²) >= 11 is 0. The van der Waals surface area contributed by atoms with Crippen LogP contribution in [0.4, 0.5) is 4.79 Å². The number of amides is 1. The van der Waals surface area contributed by atoms with Gasteiger partial charge < -0.3 is 14.8 Å². The van der Waals surface area contributed by atoms with Gasteiger partial charge in [-0.3, -0.25) is 4.90 Å². The molecule has 0 aromatic rings. The third-order valence-corrected chi connectivity index (χ3v) is 3.71. The van der Waals surface area contributed by atoms with Crippen molar-refractivity contribution in [2.75, 3.05) is 6.61 Å². The van der Waals surface area contributed by atoms with Gasteiger partial charge in [0.05, 0.1) is 18.7 Å². The number of nitrogens with one attached hydrogen (secondary N) is 1. The number of carbonyl (C=O) groups excluding carboxylic acids is 3. The first kappa shape index (κ1) is 16.4. The van der Waals surface area contributed by atoms with Crippen LogP contribution in [0.25, 0.3) is 0 Å². The molecule has 2 fully saturated rings. The Hall–Kier alpha value is -2.01. The van der Waals surface area contributed by atoms with Gasteiger partial charge in [-0.05, 0) is 40.5 Å². The zero-order chi connectivity index (χ0) is 16.5. The van der Waals surface area contributed by atoms with E-state index < -0.39 is 29.7 Å². The van der Waals surface area contributed by atoms with Crippen molar-refractivity contribution in [1.82, 2.24) is 10.2 Å². The summed E-state index contributed by atoms with van der Waals surface area (Å²) in [6, 6.07) is -1.55. The Morgan fingerprint density at radius 1 is 1.36 bits per heavy atom. The molecule has 0 aromatic heterocycles. The summed E-state index contributed by atoms with van der Waals surface area (Å²) in [4.78, 5) is 37.2. The molecule has 0 radical (unpaired) electrons. The van der Waals surface area contributed by atoms with Gasteiger partial charge in [0.25, 0.3) is 0 Å². The van der Waals surface area contributed by atoms with E-state index in [0.717, 1.165) is 0 Å². The molecule has 0 spiro atoms. The van der Waals surface area contributed by atoms with Crippen molar-refractivity contribution in [3.05, 3.63) is 5.70 Å². The molecule has 2 rings (SSSR count). The molecule has 122 valence electrons. The molecule has 0 aromatic carbocycles. The van der Waals surface area contributed by atoms with E-state index in [-0.39, 0.29) is 18.3 Å². The Balaban J connectivity index is 2.28. The van der Waals surface area contributed by atoms with Crippen molar-refractivity contribution in [3.63, 3.8) is 0 Å². The maximum atomic E-state index is 12.4. The smallest absolute Gasteiger partial charge is 0.411 e. The second-order valence-electron chi connectivity index (χ2n) is 6.44. The molecule has 3 atom stereocenters. The fraction of sp³-hybridized carbons (Fsp3) is 0.733. The summed E-state index contributed by atoms with van der Waals surface area (Å²) in [5.41, 5.74) is -0.441. The third kappa shape index (κ3) is 3.09. The van der Waals surface area contributed by atoms with Crippen LogP contribution in [0.2, 0.25) is 0 Å². The van der Waals surface area contributed by atoms with Crippen LogP contribution in [0.3, 0.4) is 0 Å². The van der Waals surface area contributed by atoms with Crippen LogP contribution in [0.1, 0.15) is 40.5 Å². The second-order valence-corrected chi connectivity index (χ2v) is 6.44. The maximum Gasteiger partial charge on any atom is 0.411 e. The first-order valence-corrected chi connectivity index (χ1v) is 7.48. The van der Waals surface area contributed by atoms with Crippen molar-refractivity contribution < 1.29 is 23.9 Å². The first-order chi connectivity index (χ1) is 10.3. The Labute approximate surface area is 129 Å². The van der Waals surface area contributed by atoms with Crippen molar-refractivity contribution in [2.45, 2.75) is 64.3 Å². The van der Waals surface area contributed by atoms with E-state index in [0.29, 0.717) is 12.8 Å². The molecule has 2 heterocycles. The largest absolute Gasteiger partial charge is 0.464 e. The van der Waals surface area contributed by atoms with Gasteiger partial charge in [0.15, 0.2) is 0 Å². The number of carbonyl (C=O) groups is 2. The van der Waals surface area contributed by atoms with Gasteiger partial charge in [-0.1, -0.05) is 0 Å². The number of nitrogens with zero attached hydrogens (tertiary/aromatic N) is 1. The average Bonchev–Trinajstić information content (AvgIpc) is 2.75. The normalized spacial score (nSPS) is 27.0. The number of piperazine rings is 1. The molecule has 0 aliphatic carbocycles. The molecular formula is C15H22N2O5. The fourth-order valence-corrected chi connectivity index (χ4v) is 2.93. The Morgan fingerprint density at radius 2 is 2.05 bits per heavy atom. The molecule has 0 unspecified atom stereocenters. The fourth-order valence-electron chi connectivity index (χ4n) is 2.93. The van der Waals surface area contributed by atoms with Crippen molar-refractivity contribution in [3.8, 4) is 0 Å². The molecule has 1 amide bonds. The molecule has 7 heteroatoms. The topological polar surface area (TPSA) is 84.9 Å². The van der Waals surface area contributed by atoms with Gasteiger partial charge in [-0.15, -0.1) is 0 Å². The number of fused-ring (bicyclic) bond motifs is 2. The minimum atomic E-state index is -0.761. The van der Waals surface area contributed by atoms with Crippen LogP contribution in [0.5, 0.6) is 0 Å². The Morgan fingerprint density at radius 3 is 2.59 bits per heavy atom. The van der Waals surface area contributed by atoms with Crippen LogP contribution in [0.15, 0.2) is 5.70 Å². The highest BCUT2D eigenvalue weighted by molar-refractivity contribution is 5.81. The van der Waals surface area contributed by atoms with Crippen LogP contribution in [0, 0.1) is 0 Å². The highest BCUT2D eigenvalue weighted by Gasteiger charge is 2.51. The zero-order valence-corrected chi connectivity index (χ0v) is 13.3. The molecule has 2 aliphatic rings.